The van der Waals surface area contributed by atoms with Gasteiger partial charge in [0.15, 0.2) is 13.9 Å². The van der Waals surface area contributed by atoms with Crippen LogP contribution in [-0.2, 0) is 28.8 Å². The van der Waals surface area contributed by atoms with Crippen LogP contribution < -0.4 is 4.74 Å². The van der Waals surface area contributed by atoms with Crippen molar-refractivity contribution >= 4 is 25.4 Å². The number of aryl methyl sites for hydroxylation is 1. The van der Waals surface area contributed by atoms with Gasteiger partial charge in [-0.1, -0.05) is 32.0 Å². The zero-order valence-corrected chi connectivity index (χ0v) is 28.0. The Balaban J connectivity index is 1.47. The second-order valence-electron chi connectivity index (χ2n) is 14.0. The number of benzene rings is 1. The number of carbonyl (C=O) groups is 1. The lowest BCUT2D eigenvalue weighted by Crippen LogP contribution is -2.41. The van der Waals surface area contributed by atoms with Crippen molar-refractivity contribution in [1.82, 2.24) is 15.0 Å². The van der Waals surface area contributed by atoms with E-state index in [9.17, 15) is 4.79 Å². The van der Waals surface area contributed by atoms with E-state index >= 15 is 0 Å². The van der Waals surface area contributed by atoms with Crippen LogP contribution in [0.15, 0.2) is 35.0 Å². The third kappa shape index (κ3) is 8.36. The first-order chi connectivity index (χ1) is 20.2. The average molecular weight is 607 g/mol. The number of ether oxygens (including phenoxy) is 2. The van der Waals surface area contributed by atoms with E-state index in [0.29, 0.717) is 49.2 Å². The Labute approximate surface area is 256 Å². The molecule has 0 aliphatic carbocycles. The van der Waals surface area contributed by atoms with Gasteiger partial charge in [-0.25, -0.2) is 9.78 Å². The van der Waals surface area contributed by atoms with Crippen molar-refractivity contribution in [1.29, 1.82) is 5.26 Å². The van der Waals surface area contributed by atoms with Crippen molar-refractivity contribution in [3.05, 3.63) is 53.0 Å². The monoisotopic (exact) mass is 606 g/mol. The fourth-order valence-corrected chi connectivity index (χ4v) is 5.76. The fraction of sp³-hybridized carbons (Fsp3) is 0.576. The zero-order valence-electron chi connectivity index (χ0n) is 27.0. The summed E-state index contributed by atoms with van der Waals surface area (Å²) in [5.41, 5.74) is 3.24. The fourth-order valence-electron chi connectivity index (χ4n) is 4.82. The maximum atomic E-state index is 12.4. The molecule has 0 saturated carbocycles. The summed E-state index contributed by atoms with van der Waals surface area (Å²) in [5.74, 6) is 1.20. The second kappa shape index (κ2) is 13.1. The van der Waals surface area contributed by atoms with Gasteiger partial charge in [-0.3, -0.25) is 0 Å². The van der Waals surface area contributed by atoms with Crippen LogP contribution in [0.3, 0.4) is 0 Å². The van der Waals surface area contributed by atoms with E-state index in [-0.39, 0.29) is 11.1 Å². The van der Waals surface area contributed by atoms with E-state index in [1.54, 1.807) is 12.3 Å². The van der Waals surface area contributed by atoms with E-state index in [1.165, 1.54) is 0 Å². The number of carbonyl (C=O) groups excluding carboxylic acids is 1. The Kier molecular flexibility index (Phi) is 9.87. The van der Waals surface area contributed by atoms with E-state index in [1.807, 2.05) is 49.9 Å². The molecule has 1 amide bonds. The quantitative estimate of drug-likeness (QED) is 0.227. The standard InChI is InChI=1S/C33H46N4O5Si/c1-32(2,3)41-31(38)37-17-15-23(16-18-37)10-13-28-26-12-14-29(39-21-24-9-11-25(19-34)35-20-24)27(30(26)42-36-28)22-40-43(7,8)33(4,5)6/h9,11-12,14,20,23H,10,13,15-18,21-22H2,1-8H3. The van der Waals surface area contributed by atoms with Crippen molar-refractivity contribution in [3.63, 3.8) is 0 Å². The van der Waals surface area contributed by atoms with Crippen molar-refractivity contribution in [2.24, 2.45) is 5.92 Å². The lowest BCUT2D eigenvalue weighted by Gasteiger charge is -2.36. The number of piperidine rings is 1. The van der Waals surface area contributed by atoms with E-state index in [2.05, 4.69) is 44.0 Å². The van der Waals surface area contributed by atoms with Crippen LogP contribution in [0, 0.1) is 17.2 Å². The number of fused-ring (bicyclic) bond motifs is 1. The molecule has 1 aliphatic rings. The second-order valence-corrected chi connectivity index (χ2v) is 18.8. The van der Waals surface area contributed by atoms with Crippen LogP contribution in [0.5, 0.6) is 5.75 Å². The molecule has 0 radical (unpaired) electrons. The lowest BCUT2D eigenvalue weighted by molar-refractivity contribution is 0.0181. The first kappa shape index (κ1) is 32.5. The largest absolute Gasteiger partial charge is 0.488 e. The first-order valence-electron chi connectivity index (χ1n) is 15.2. The predicted octanol–water partition coefficient (Wildman–Crippen LogP) is 7.77. The molecule has 9 nitrogen and oxygen atoms in total. The van der Waals surface area contributed by atoms with Gasteiger partial charge in [0.25, 0.3) is 0 Å². The maximum absolute atomic E-state index is 12.4. The Morgan fingerprint density at radius 1 is 1.09 bits per heavy atom. The topological polar surface area (TPSA) is 111 Å². The Hall–Kier alpha value is -3.42. The van der Waals surface area contributed by atoms with E-state index < -0.39 is 13.9 Å². The summed E-state index contributed by atoms with van der Waals surface area (Å²) < 4.78 is 24.4. The van der Waals surface area contributed by atoms with Crippen LogP contribution in [0.4, 0.5) is 4.79 Å². The third-order valence-electron chi connectivity index (χ3n) is 8.55. The minimum atomic E-state index is -2.05. The molecule has 4 rings (SSSR count). The van der Waals surface area contributed by atoms with Gasteiger partial charge in [-0.05, 0) is 88.7 Å². The van der Waals surface area contributed by atoms with Crippen LogP contribution in [-0.4, -0.2) is 48.1 Å². The number of hydrogen-bond acceptors (Lipinski definition) is 8. The van der Waals surface area contributed by atoms with Crippen molar-refractivity contribution < 1.29 is 23.2 Å². The molecule has 232 valence electrons. The third-order valence-corrected chi connectivity index (χ3v) is 13.0. The molecule has 3 heterocycles. The molecule has 10 heteroatoms. The maximum Gasteiger partial charge on any atom is 0.410 e. The SMILES string of the molecule is CC(C)(C)OC(=O)N1CCC(CCc2noc3c(CO[Si](C)(C)C(C)(C)C)c(OCc4ccc(C#N)nc4)ccc23)CC1. The highest BCUT2D eigenvalue weighted by Crippen LogP contribution is 2.39. The number of amides is 1. The summed E-state index contributed by atoms with van der Waals surface area (Å²) in [7, 11) is -2.05. The smallest absolute Gasteiger partial charge is 0.410 e. The summed E-state index contributed by atoms with van der Waals surface area (Å²) in [6.07, 6.45) is 5.10. The Bertz CT molecular complexity index is 1440. The number of aromatic nitrogens is 2. The summed E-state index contributed by atoms with van der Waals surface area (Å²) in [4.78, 5) is 18.4. The number of hydrogen-bond donors (Lipinski definition) is 0. The summed E-state index contributed by atoms with van der Waals surface area (Å²) in [5, 5.41) is 14.6. The predicted molar refractivity (Wildman–Crippen MR) is 168 cm³/mol. The van der Waals surface area contributed by atoms with Crippen molar-refractivity contribution in [3.8, 4) is 11.8 Å². The van der Waals surface area contributed by atoms with Crippen LogP contribution in [0.1, 0.15) is 83.3 Å². The average Bonchev–Trinajstić information content (AvgIpc) is 3.36. The molecule has 1 saturated heterocycles. The molecule has 2 aromatic heterocycles. The summed E-state index contributed by atoms with van der Waals surface area (Å²) in [6.45, 7) is 18.9. The van der Waals surface area contributed by atoms with Gasteiger partial charge >= 0.3 is 6.09 Å². The number of nitrogens with zero attached hydrogens (tertiary/aromatic N) is 4. The molecule has 0 bridgehead atoms. The normalized spacial score (nSPS) is 15.0. The highest BCUT2D eigenvalue weighted by molar-refractivity contribution is 6.74. The van der Waals surface area contributed by atoms with Gasteiger partial charge in [0.05, 0.1) is 17.9 Å². The molecule has 1 fully saturated rings. The highest BCUT2D eigenvalue weighted by Gasteiger charge is 2.37. The summed E-state index contributed by atoms with van der Waals surface area (Å²) in [6, 6.07) is 9.58. The number of likely N-dealkylation sites (tertiary alicyclic amines) is 1. The van der Waals surface area contributed by atoms with Gasteiger partial charge in [0.1, 0.15) is 29.7 Å². The van der Waals surface area contributed by atoms with Gasteiger partial charge < -0.3 is 23.3 Å². The minimum absolute atomic E-state index is 0.0572. The zero-order chi connectivity index (χ0) is 31.4. The molecule has 0 spiro atoms. The Morgan fingerprint density at radius 2 is 1.81 bits per heavy atom. The van der Waals surface area contributed by atoms with Gasteiger partial charge in [0, 0.05) is 30.2 Å². The van der Waals surface area contributed by atoms with Gasteiger partial charge in [-0.15, -0.1) is 0 Å². The minimum Gasteiger partial charge on any atom is -0.488 e. The van der Waals surface area contributed by atoms with Gasteiger partial charge in [0.2, 0.25) is 0 Å². The number of nitriles is 1. The van der Waals surface area contributed by atoms with E-state index in [0.717, 1.165) is 47.9 Å². The van der Waals surface area contributed by atoms with Crippen LogP contribution in [0.2, 0.25) is 18.1 Å². The van der Waals surface area contributed by atoms with Crippen LogP contribution >= 0.6 is 0 Å². The van der Waals surface area contributed by atoms with Gasteiger partial charge in [-0.2, -0.15) is 5.26 Å². The van der Waals surface area contributed by atoms with E-state index in [4.69, 9.17) is 23.7 Å². The molecular weight excluding hydrogens is 560 g/mol. The molecule has 0 N–H and O–H groups in total. The first-order valence-corrected chi connectivity index (χ1v) is 18.1. The number of pyridine rings is 1. The molecule has 1 aliphatic heterocycles. The highest BCUT2D eigenvalue weighted by atomic mass is 28.4. The molecular formula is C33H46N4O5Si. The number of rotatable bonds is 9. The molecule has 43 heavy (non-hydrogen) atoms. The van der Waals surface area contributed by atoms with Crippen LogP contribution in [0.25, 0.3) is 11.0 Å². The van der Waals surface area contributed by atoms with Crippen molar-refractivity contribution in [2.75, 3.05) is 13.1 Å². The van der Waals surface area contributed by atoms with Crippen molar-refractivity contribution in [2.45, 2.75) is 104 Å². The Morgan fingerprint density at radius 3 is 2.42 bits per heavy atom. The lowest BCUT2D eigenvalue weighted by atomic mass is 9.91. The molecule has 0 atom stereocenters. The summed E-state index contributed by atoms with van der Waals surface area (Å²) >= 11 is 0. The molecule has 1 aromatic carbocycles. The molecule has 0 unspecified atom stereocenters. The molecule has 3 aromatic rings.